The predicted molar refractivity (Wildman–Crippen MR) is 84.3 cm³/mol. The summed E-state index contributed by atoms with van der Waals surface area (Å²) in [4.78, 5) is 4.88. The van der Waals surface area contributed by atoms with E-state index in [0.29, 0.717) is 6.04 Å². The summed E-state index contributed by atoms with van der Waals surface area (Å²) in [6.07, 6.45) is 2.62. The Morgan fingerprint density at radius 3 is 2.45 bits per heavy atom. The molecule has 2 rings (SSSR count). The van der Waals surface area contributed by atoms with E-state index < -0.39 is 0 Å². The van der Waals surface area contributed by atoms with Gasteiger partial charge in [0.05, 0.1) is 0 Å². The minimum atomic E-state index is 0.692. The summed E-state index contributed by atoms with van der Waals surface area (Å²) in [5, 5.41) is 0. The van der Waals surface area contributed by atoms with Gasteiger partial charge in [0, 0.05) is 12.6 Å². The van der Waals surface area contributed by atoms with Gasteiger partial charge in [-0.15, -0.1) is 0 Å². The average molecular weight is 276 g/mol. The molecular weight excluding hydrogens is 248 g/mol. The van der Waals surface area contributed by atoms with Crippen molar-refractivity contribution in [3.63, 3.8) is 0 Å². The Bertz CT molecular complexity index is 372. The van der Waals surface area contributed by atoms with Crippen LogP contribution in [-0.4, -0.2) is 56.2 Å². The number of piperidine rings is 1. The second-order valence-corrected chi connectivity index (χ2v) is 6.04. The van der Waals surface area contributed by atoms with E-state index in [1.54, 1.807) is 0 Å². The molecule has 1 heterocycles. The lowest BCUT2D eigenvalue weighted by molar-refractivity contribution is 0.113. The van der Waals surface area contributed by atoms with Crippen LogP contribution in [0.2, 0.25) is 0 Å². The summed E-state index contributed by atoms with van der Waals surface area (Å²) in [6.45, 7) is 6.59. The fraction of sp³-hybridized carbons (Fsp3) is 0.647. The minimum absolute atomic E-state index is 0.692. The zero-order valence-corrected chi connectivity index (χ0v) is 13.1. The maximum atomic E-state index is 5.77. The van der Waals surface area contributed by atoms with Gasteiger partial charge in [-0.2, -0.15) is 0 Å². The third-order valence-electron chi connectivity index (χ3n) is 4.55. The highest BCUT2D eigenvalue weighted by Crippen LogP contribution is 2.22. The molecule has 0 radical (unpaired) electrons. The van der Waals surface area contributed by atoms with Crippen LogP contribution in [0.5, 0.6) is 5.75 Å². The topological polar surface area (TPSA) is 15.7 Å². The lowest BCUT2D eigenvalue weighted by Crippen LogP contribution is -2.42. The first-order valence-electron chi connectivity index (χ1n) is 7.73. The Kier molecular flexibility index (Phi) is 5.86. The van der Waals surface area contributed by atoms with Crippen LogP contribution in [-0.2, 0) is 0 Å². The van der Waals surface area contributed by atoms with Crippen molar-refractivity contribution in [3.8, 4) is 5.75 Å². The normalized spacial score (nSPS) is 19.2. The van der Waals surface area contributed by atoms with E-state index in [1.165, 1.54) is 25.9 Å². The molecule has 1 aromatic rings. The van der Waals surface area contributed by atoms with Crippen molar-refractivity contribution in [3.05, 3.63) is 30.3 Å². The molecule has 0 aromatic heterocycles. The molecule has 1 saturated heterocycles. The molecule has 0 bridgehead atoms. The van der Waals surface area contributed by atoms with E-state index in [9.17, 15) is 0 Å². The molecule has 1 atom stereocenters. The second-order valence-electron chi connectivity index (χ2n) is 6.04. The van der Waals surface area contributed by atoms with Gasteiger partial charge in [-0.25, -0.2) is 0 Å². The van der Waals surface area contributed by atoms with E-state index in [2.05, 4.69) is 30.8 Å². The highest BCUT2D eigenvalue weighted by molar-refractivity contribution is 5.20. The first kappa shape index (κ1) is 15.3. The Balaban J connectivity index is 1.65. The molecule has 1 fully saturated rings. The summed E-state index contributed by atoms with van der Waals surface area (Å²) >= 11 is 0. The lowest BCUT2D eigenvalue weighted by Gasteiger charge is -2.37. The molecule has 1 unspecified atom stereocenters. The number of hydrogen-bond donors (Lipinski definition) is 0. The fourth-order valence-corrected chi connectivity index (χ4v) is 2.89. The Morgan fingerprint density at radius 2 is 1.85 bits per heavy atom. The third-order valence-corrected chi connectivity index (χ3v) is 4.55. The van der Waals surface area contributed by atoms with E-state index in [4.69, 9.17) is 4.74 Å². The van der Waals surface area contributed by atoms with Gasteiger partial charge < -0.3 is 9.64 Å². The molecule has 20 heavy (non-hydrogen) atoms. The van der Waals surface area contributed by atoms with E-state index in [1.807, 2.05) is 30.3 Å². The molecule has 3 heteroatoms. The third kappa shape index (κ3) is 4.50. The van der Waals surface area contributed by atoms with E-state index in [-0.39, 0.29) is 0 Å². The van der Waals surface area contributed by atoms with E-state index in [0.717, 1.165) is 24.8 Å². The Morgan fingerprint density at radius 1 is 1.20 bits per heavy atom. The molecule has 1 aliphatic rings. The highest BCUT2D eigenvalue weighted by atomic mass is 16.5. The van der Waals surface area contributed by atoms with Crippen LogP contribution >= 0.6 is 0 Å². The van der Waals surface area contributed by atoms with Crippen molar-refractivity contribution in [2.24, 2.45) is 5.92 Å². The molecule has 0 aliphatic carbocycles. The van der Waals surface area contributed by atoms with Crippen LogP contribution in [0, 0.1) is 5.92 Å². The second kappa shape index (κ2) is 7.65. The SMILES string of the molecule is CC(C1CCN(CCOc2ccccc2)CC1)N(C)C. The fourth-order valence-electron chi connectivity index (χ4n) is 2.89. The average Bonchev–Trinajstić information content (AvgIpc) is 2.48. The smallest absolute Gasteiger partial charge is 0.119 e. The Labute approximate surface area is 123 Å². The lowest BCUT2D eigenvalue weighted by atomic mass is 9.90. The van der Waals surface area contributed by atoms with Crippen molar-refractivity contribution in [2.45, 2.75) is 25.8 Å². The number of benzene rings is 1. The molecule has 0 spiro atoms. The van der Waals surface area contributed by atoms with Crippen LogP contribution in [0.25, 0.3) is 0 Å². The summed E-state index contributed by atoms with van der Waals surface area (Å²) in [7, 11) is 4.37. The van der Waals surface area contributed by atoms with Gasteiger partial charge in [-0.1, -0.05) is 18.2 Å². The number of ether oxygens (including phenoxy) is 1. The molecule has 0 N–H and O–H groups in total. The number of rotatable bonds is 6. The summed E-state index contributed by atoms with van der Waals surface area (Å²) < 4.78 is 5.77. The molecule has 112 valence electrons. The van der Waals surface area contributed by atoms with Crippen LogP contribution in [0.3, 0.4) is 0 Å². The quantitative estimate of drug-likeness (QED) is 0.794. The van der Waals surface area contributed by atoms with Crippen LogP contribution in [0.4, 0.5) is 0 Å². The van der Waals surface area contributed by atoms with Crippen molar-refractivity contribution >= 4 is 0 Å². The van der Waals surface area contributed by atoms with Crippen molar-refractivity contribution in [1.29, 1.82) is 0 Å². The van der Waals surface area contributed by atoms with Gasteiger partial charge in [0.25, 0.3) is 0 Å². The van der Waals surface area contributed by atoms with Crippen LogP contribution in [0.1, 0.15) is 19.8 Å². The molecular formula is C17H28N2O. The van der Waals surface area contributed by atoms with Crippen molar-refractivity contribution in [1.82, 2.24) is 9.80 Å². The maximum absolute atomic E-state index is 5.77. The van der Waals surface area contributed by atoms with Gasteiger partial charge in [-0.05, 0) is 65.0 Å². The molecule has 1 aromatic carbocycles. The molecule has 0 saturated carbocycles. The van der Waals surface area contributed by atoms with Crippen molar-refractivity contribution in [2.75, 3.05) is 40.3 Å². The van der Waals surface area contributed by atoms with Gasteiger partial charge in [-0.3, -0.25) is 4.90 Å². The minimum Gasteiger partial charge on any atom is -0.492 e. The van der Waals surface area contributed by atoms with Gasteiger partial charge >= 0.3 is 0 Å². The van der Waals surface area contributed by atoms with Crippen LogP contribution < -0.4 is 4.74 Å². The Hall–Kier alpha value is -1.06. The number of nitrogens with zero attached hydrogens (tertiary/aromatic N) is 2. The maximum Gasteiger partial charge on any atom is 0.119 e. The number of hydrogen-bond acceptors (Lipinski definition) is 3. The first-order chi connectivity index (χ1) is 9.66. The summed E-state index contributed by atoms with van der Waals surface area (Å²) in [5.41, 5.74) is 0. The molecule has 1 aliphatic heterocycles. The van der Waals surface area contributed by atoms with Crippen LogP contribution in [0.15, 0.2) is 30.3 Å². The summed E-state index contributed by atoms with van der Waals surface area (Å²) in [5.74, 6) is 1.82. The first-order valence-corrected chi connectivity index (χ1v) is 7.73. The molecule has 3 nitrogen and oxygen atoms in total. The number of likely N-dealkylation sites (tertiary alicyclic amines) is 1. The zero-order chi connectivity index (χ0) is 14.4. The standard InChI is InChI=1S/C17H28N2O/c1-15(18(2)3)16-9-11-19(12-10-16)13-14-20-17-7-5-4-6-8-17/h4-8,15-16H,9-14H2,1-3H3. The zero-order valence-electron chi connectivity index (χ0n) is 13.1. The van der Waals surface area contributed by atoms with E-state index >= 15 is 0 Å². The summed E-state index contributed by atoms with van der Waals surface area (Å²) in [6, 6.07) is 10.8. The predicted octanol–water partition coefficient (Wildman–Crippen LogP) is 2.73. The largest absolute Gasteiger partial charge is 0.492 e. The monoisotopic (exact) mass is 276 g/mol. The van der Waals surface area contributed by atoms with Crippen molar-refractivity contribution < 1.29 is 4.74 Å². The number of para-hydroxylation sites is 1. The van der Waals surface area contributed by atoms with Gasteiger partial charge in [0.15, 0.2) is 0 Å². The molecule has 0 amide bonds. The van der Waals surface area contributed by atoms with Gasteiger partial charge in [0.2, 0.25) is 0 Å². The highest BCUT2D eigenvalue weighted by Gasteiger charge is 2.24. The van der Waals surface area contributed by atoms with Gasteiger partial charge in [0.1, 0.15) is 12.4 Å².